The molecule has 0 aliphatic carbocycles. The lowest BCUT2D eigenvalue weighted by atomic mass is 9.93. The molecule has 1 N–H and O–H groups in total. The quantitative estimate of drug-likeness (QED) is 0.493. The Kier molecular flexibility index (Phi) is 8.08. The van der Waals surface area contributed by atoms with Crippen LogP contribution in [0.2, 0.25) is 0 Å². The summed E-state index contributed by atoms with van der Waals surface area (Å²) in [6.45, 7) is 8.11. The average molecular weight is 489 g/mol. The Morgan fingerprint density at radius 2 is 1.75 bits per heavy atom. The average Bonchev–Trinajstić information content (AvgIpc) is 3.36. The molecule has 7 nitrogen and oxygen atoms in total. The first-order valence-corrected chi connectivity index (χ1v) is 12.7. The van der Waals surface area contributed by atoms with Crippen molar-refractivity contribution in [1.82, 2.24) is 20.0 Å². The number of carbonyl (C=O) groups excluding carboxylic acids is 2. The van der Waals surface area contributed by atoms with Crippen LogP contribution in [0.4, 0.5) is 4.79 Å². The molecule has 0 unspecified atom stereocenters. The van der Waals surface area contributed by atoms with Crippen LogP contribution >= 0.6 is 0 Å². The molecule has 0 spiro atoms. The standard InChI is InChI=1S/C29H36N4O3/c1-29(2,3)36-28(35)32-17-13-22(14-18-32)19-27(34)30-20-25-7-4-5-8-26(25)24-11-9-23(10-12-24)21-33-16-6-15-31-33/h4-12,15-16,22H,13-14,17-21H2,1-3H3,(H,30,34). The van der Waals surface area contributed by atoms with E-state index in [1.807, 2.05) is 49.8 Å². The maximum absolute atomic E-state index is 12.7. The number of rotatable bonds is 7. The van der Waals surface area contributed by atoms with Crippen LogP contribution in [-0.4, -0.2) is 45.4 Å². The number of nitrogens with one attached hydrogen (secondary N) is 1. The van der Waals surface area contributed by atoms with Crippen LogP contribution in [0.15, 0.2) is 67.0 Å². The van der Waals surface area contributed by atoms with E-state index < -0.39 is 5.60 Å². The Morgan fingerprint density at radius 3 is 2.42 bits per heavy atom. The summed E-state index contributed by atoms with van der Waals surface area (Å²) in [7, 11) is 0. The van der Waals surface area contributed by atoms with Crippen molar-refractivity contribution in [2.24, 2.45) is 5.92 Å². The number of piperidine rings is 1. The van der Waals surface area contributed by atoms with Gasteiger partial charge in [0.2, 0.25) is 5.91 Å². The van der Waals surface area contributed by atoms with Crippen molar-refractivity contribution < 1.29 is 14.3 Å². The maximum atomic E-state index is 12.7. The number of carbonyl (C=O) groups is 2. The summed E-state index contributed by atoms with van der Waals surface area (Å²) in [5.74, 6) is 0.330. The number of hydrogen-bond donors (Lipinski definition) is 1. The van der Waals surface area contributed by atoms with Gasteiger partial charge in [0.15, 0.2) is 0 Å². The minimum atomic E-state index is -0.494. The lowest BCUT2D eigenvalue weighted by molar-refractivity contribution is -0.122. The van der Waals surface area contributed by atoms with Gasteiger partial charge in [0.25, 0.3) is 0 Å². The monoisotopic (exact) mass is 488 g/mol. The van der Waals surface area contributed by atoms with Crippen molar-refractivity contribution in [1.29, 1.82) is 0 Å². The van der Waals surface area contributed by atoms with E-state index in [0.29, 0.717) is 26.1 Å². The third kappa shape index (κ3) is 7.20. The van der Waals surface area contributed by atoms with Crippen molar-refractivity contribution in [3.05, 3.63) is 78.1 Å². The molecule has 0 saturated carbocycles. The first-order valence-electron chi connectivity index (χ1n) is 12.7. The molecule has 36 heavy (non-hydrogen) atoms. The Bertz CT molecular complexity index is 1140. The summed E-state index contributed by atoms with van der Waals surface area (Å²) >= 11 is 0. The summed E-state index contributed by atoms with van der Waals surface area (Å²) in [5.41, 5.74) is 4.02. The number of benzene rings is 2. The van der Waals surface area contributed by atoms with Gasteiger partial charge in [-0.2, -0.15) is 5.10 Å². The summed E-state index contributed by atoms with van der Waals surface area (Å²) in [4.78, 5) is 26.7. The Hall–Kier alpha value is -3.61. The maximum Gasteiger partial charge on any atom is 0.410 e. The SMILES string of the molecule is CC(C)(C)OC(=O)N1CCC(CC(=O)NCc2ccccc2-c2ccc(Cn3cccn3)cc2)CC1. The van der Waals surface area contributed by atoms with E-state index in [0.717, 1.165) is 36.1 Å². The molecule has 2 amide bonds. The molecule has 3 aromatic rings. The van der Waals surface area contributed by atoms with Gasteiger partial charge < -0.3 is 15.0 Å². The van der Waals surface area contributed by atoms with Crippen LogP contribution in [0, 0.1) is 5.92 Å². The second-order valence-electron chi connectivity index (χ2n) is 10.4. The van der Waals surface area contributed by atoms with Gasteiger partial charge in [-0.25, -0.2) is 4.79 Å². The van der Waals surface area contributed by atoms with Crippen LogP contribution in [0.5, 0.6) is 0 Å². The molecule has 4 rings (SSSR count). The van der Waals surface area contributed by atoms with Crippen molar-refractivity contribution in [2.75, 3.05) is 13.1 Å². The number of ether oxygens (including phenoxy) is 1. The van der Waals surface area contributed by atoms with Crippen molar-refractivity contribution in [2.45, 2.75) is 58.7 Å². The zero-order valence-electron chi connectivity index (χ0n) is 21.4. The Balaban J connectivity index is 1.27. The fraction of sp³-hybridized carbons (Fsp3) is 0.414. The van der Waals surface area contributed by atoms with E-state index in [-0.39, 0.29) is 17.9 Å². The predicted molar refractivity (Wildman–Crippen MR) is 140 cm³/mol. The summed E-state index contributed by atoms with van der Waals surface area (Å²) in [5, 5.41) is 7.37. The Morgan fingerprint density at radius 1 is 1.03 bits per heavy atom. The molecule has 190 valence electrons. The van der Waals surface area contributed by atoms with Crippen molar-refractivity contribution in [3.8, 4) is 11.1 Å². The number of amides is 2. The van der Waals surface area contributed by atoms with Crippen LogP contribution < -0.4 is 5.32 Å². The molecular formula is C29H36N4O3. The molecule has 7 heteroatoms. The van der Waals surface area contributed by atoms with Crippen molar-refractivity contribution in [3.63, 3.8) is 0 Å². The second-order valence-corrected chi connectivity index (χ2v) is 10.4. The van der Waals surface area contributed by atoms with Crippen LogP contribution in [0.3, 0.4) is 0 Å². The van der Waals surface area contributed by atoms with E-state index in [9.17, 15) is 9.59 Å². The lowest BCUT2D eigenvalue weighted by Crippen LogP contribution is -2.42. The van der Waals surface area contributed by atoms with E-state index >= 15 is 0 Å². The predicted octanol–water partition coefficient (Wildman–Crippen LogP) is 5.25. The molecule has 1 aromatic heterocycles. The van der Waals surface area contributed by atoms with Gasteiger partial charge in [-0.05, 0) is 67.9 Å². The third-order valence-corrected chi connectivity index (χ3v) is 6.40. The lowest BCUT2D eigenvalue weighted by Gasteiger charge is -2.33. The van der Waals surface area contributed by atoms with Gasteiger partial charge in [-0.15, -0.1) is 0 Å². The van der Waals surface area contributed by atoms with E-state index in [2.05, 4.69) is 46.8 Å². The molecule has 1 fully saturated rings. The highest BCUT2D eigenvalue weighted by Gasteiger charge is 2.27. The summed E-state index contributed by atoms with van der Waals surface area (Å²) < 4.78 is 7.36. The largest absolute Gasteiger partial charge is 0.444 e. The first-order chi connectivity index (χ1) is 17.3. The van der Waals surface area contributed by atoms with E-state index in [1.165, 1.54) is 5.56 Å². The number of hydrogen-bond acceptors (Lipinski definition) is 4. The van der Waals surface area contributed by atoms with Crippen LogP contribution in [-0.2, 0) is 22.6 Å². The van der Waals surface area contributed by atoms with Crippen LogP contribution in [0.25, 0.3) is 11.1 Å². The highest BCUT2D eigenvalue weighted by atomic mass is 16.6. The van der Waals surface area contributed by atoms with Crippen molar-refractivity contribution >= 4 is 12.0 Å². The summed E-state index contributed by atoms with van der Waals surface area (Å²) in [6.07, 6.45) is 5.58. The zero-order valence-corrected chi connectivity index (χ0v) is 21.4. The number of aromatic nitrogens is 2. The highest BCUT2D eigenvalue weighted by molar-refractivity contribution is 5.77. The molecular weight excluding hydrogens is 452 g/mol. The smallest absolute Gasteiger partial charge is 0.410 e. The molecule has 1 aliphatic rings. The first kappa shape index (κ1) is 25.5. The van der Waals surface area contributed by atoms with Gasteiger partial charge in [0, 0.05) is 38.4 Å². The molecule has 2 heterocycles. The molecule has 0 bridgehead atoms. The van der Waals surface area contributed by atoms with Gasteiger partial charge in [0.1, 0.15) is 5.60 Å². The highest BCUT2D eigenvalue weighted by Crippen LogP contribution is 2.25. The van der Waals surface area contributed by atoms with Gasteiger partial charge >= 0.3 is 6.09 Å². The molecule has 0 atom stereocenters. The minimum Gasteiger partial charge on any atom is -0.444 e. The number of likely N-dealkylation sites (tertiary alicyclic amines) is 1. The van der Waals surface area contributed by atoms with Crippen LogP contribution in [0.1, 0.15) is 51.2 Å². The molecule has 1 aliphatic heterocycles. The topological polar surface area (TPSA) is 76.5 Å². The van der Waals surface area contributed by atoms with E-state index in [4.69, 9.17) is 4.74 Å². The third-order valence-electron chi connectivity index (χ3n) is 6.40. The fourth-order valence-electron chi connectivity index (χ4n) is 4.50. The van der Waals surface area contributed by atoms with E-state index in [1.54, 1.807) is 11.1 Å². The Labute approximate surface area is 213 Å². The minimum absolute atomic E-state index is 0.0510. The van der Waals surface area contributed by atoms with Gasteiger partial charge in [0.05, 0.1) is 6.54 Å². The normalized spacial score (nSPS) is 14.5. The number of nitrogens with zero attached hydrogens (tertiary/aromatic N) is 3. The fourth-order valence-corrected chi connectivity index (χ4v) is 4.50. The summed E-state index contributed by atoms with van der Waals surface area (Å²) in [6, 6.07) is 18.6. The molecule has 1 saturated heterocycles. The second kappa shape index (κ2) is 11.4. The zero-order chi connectivity index (χ0) is 25.5. The molecule has 0 radical (unpaired) electrons. The van der Waals surface area contributed by atoms with Gasteiger partial charge in [-0.3, -0.25) is 9.48 Å². The molecule has 2 aromatic carbocycles. The van der Waals surface area contributed by atoms with Gasteiger partial charge in [-0.1, -0.05) is 48.5 Å².